The first-order valence-electron chi connectivity index (χ1n) is 7.76. The number of aromatic nitrogens is 4. The van der Waals surface area contributed by atoms with Gasteiger partial charge in [-0.25, -0.2) is 0 Å². The highest BCUT2D eigenvalue weighted by Gasteiger charge is 2.16. The Morgan fingerprint density at radius 2 is 2.00 bits per heavy atom. The van der Waals surface area contributed by atoms with Crippen LogP contribution in [-0.2, 0) is 6.42 Å². The standard InChI is InChI=1S/C16H19N5O3S/c1-9(2)7-13-18-19-16-21(13)20-15(25-16)17-14(22)10-5-6-11(23-3)12(8-10)24-4/h5-6,8-9H,7H2,1-4H3,(H,17,20,22). The molecule has 1 N–H and O–H groups in total. The molecule has 0 radical (unpaired) electrons. The molecule has 25 heavy (non-hydrogen) atoms. The minimum absolute atomic E-state index is 0.281. The van der Waals surface area contributed by atoms with Crippen molar-refractivity contribution in [2.75, 3.05) is 19.5 Å². The van der Waals surface area contributed by atoms with Crippen LogP contribution in [0.1, 0.15) is 30.0 Å². The third-order valence-corrected chi connectivity index (χ3v) is 4.33. The van der Waals surface area contributed by atoms with Gasteiger partial charge in [-0.05, 0) is 24.1 Å². The molecule has 3 aromatic rings. The van der Waals surface area contributed by atoms with Gasteiger partial charge in [0.05, 0.1) is 14.2 Å². The molecule has 1 aromatic carbocycles. The Hall–Kier alpha value is -2.68. The summed E-state index contributed by atoms with van der Waals surface area (Å²) in [6.07, 6.45) is 0.772. The molecule has 2 aromatic heterocycles. The number of carbonyl (C=O) groups is 1. The van der Waals surface area contributed by atoms with E-state index in [1.807, 2.05) is 0 Å². The van der Waals surface area contributed by atoms with E-state index in [2.05, 4.69) is 34.5 Å². The van der Waals surface area contributed by atoms with Gasteiger partial charge < -0.3 is 9.47 Å². The van der Waals surface area contributed by atoms with Crippen LogP contribution < -0.4 is 14.8 Å². The van der Waals surface area contributed by atoms with Crippen molar-refractivity contribution in [3.63, 3.8) is 0 Å². The summed E-state index contributed by atoms with van der Waals surface area (Å²) in [6, 6.07) is 4.98. The molecular formula is C16H19N5O3S. The van der Waals surface area contributed by atoms with Gasteiger partial charge in [0.25, 0.3) is 5.91 Å². The molecule has 132 valence electrons. The van der Waals surface area contributed by atoms with Gasteiger partial charge in [0.2, 0.25) is 10.1 Å². The van der Waals surface area contributed by atoms with Crippen LogP contribution in [0.2, 0.25) is 0 Å². The van der Waals surface area contributed by atoms with Gasteiger partial charge in [0.15, 0.2) is 17.3 Å². The van der Waals surface area contributed by atoms with E-state index < -0.39 is 0 Å². The number of anilines is 1. The normalized spacial score (nSPS) is 11.1. The zero-order chi connectivity index (χ0) is 18.0. The van der Waals surface area contributed by atoms with Crippen LogP contribution in [0.25, 0.3) is 4.96 Å². The predicted molar refractivity (Wildman–Crippen MR) is 94.7 cm³/mol. The topological polar surface area (TPSA) is 90.6 Å². The van der Waals surface area contributed by atoms with Gasteiger partial charge in [-0.15, -0.1) is 15.3 Å². The van der Waals surface area contributed by atoms with Crippen molar-refractivity contribution in [1.29, 1.82) is 0 Å². The third-order valence-electron chi connectivity index (χ3n) is 3.51. The van der Waals surface area contributed by atoms with Gasteiger partial charge in [0.1, 0.15) is 0 Å². The van der Waals surface area contributed by atoms with E-state index in [1.54, 1.807) is 29.8 Å². The van der Waals surface area contributed by atoms with E-state index in [-0.39, 0.29) is 5.91 Å². The van der Waals surface area contributed by atoms with Crippen LogP contribution in [0.5, 0.6) is 11.5 Å². The molecule has 0 bridgehead atoms. The first-order valence-corrected chi connectivity index (χ1v) is 8.58. The van der Waals surface area contributed by atoms with E-state index in [9.17, 15) is 4.79 Å². The number of benzene rings is 1. The number of hydrogen-bond acceptors (Lipinski definition) is 7. The fraction of sp³-hybridized carbons (Fsp3) is 0.375. The average molecular weight is 361 g/mol. The Balaban J connectivity index is 1.81. The number of hydrogen-bond donors (Lipinski definition) is 1. The minimum Gasteiger partial charge on any atom is -0.493 e. The van der Waals surface area contributed by atoms with Crippen molar-refractivity contribution in [3.05, 3.63) is 29.6 Å². The average Bonchev–Trinajstić information content (AvgIpc) is 3.15. The maximum atomic E-state index is 12.5. The molecule has 2 heterocycles. The Kier molecular flexibility index (Phi) is 4.84. The summed E-state index contributed by atoms with van der Waals surface area (Å²) in [5.74, 6) is 2.01. The number of nitrogens with zero attached hydrogens (tertiary/aromatic N) is 4. The molecule has 3 rings (SSSR count). The zero-order valence-electron chi connectivity index (χ0n) is 14.4. The Morgan fingerprint density at radius 3 is 2.68 bits per heavy atom. The summed E-state index contributed by atoms with van der Waals surface area (Å²) in [4.78, 5) is 13.1. The molecule has 0 aliphatic carbocycles. The van der Waals surface area contributed by atoms with Gasteiger partial charge in [-0.2, -0.15) is 4.52 Å². The molecule has 8 nitrogen and oxygen atoms in total. The second-order valence-corrected chi connectivity index (χ2v) is 6.80. The molecule has 0 saturated carbocycles. The highest BCUT2D eigenvalue weighted by Crippen LogP contribution is 2.28. The summed E-state index contributed by atoms with van der Waals surface area (Å²) in [6.45, 7) is 4.21. The van der Waals surface area contributed by atoms with E-state index in [4.69, 9.17) is 9.47 Å². The predicted octanol–water partition coefficient (Wildman–Crippen LogP) is 2.65. The lowest BCUT2D eigenvalue weighted by molar-refractivity contribution is 0.102. The summed E-state index contributed by atoms with van der Waals surface area (Å²) in [5.41, 5.74) is 0.450. The minimum atomic E-state index is -0.281. The number of fused-ring (bicyclic) bond motifs is 1. The molecule has 0 aliphatic heterocycles. The first-order chi connectivity index (χ1) is 12.0. The van der Waals surface area contributed by atoms with Crippen molar-refractivity contribution >= 4 is 27.3 Å². The lowest BCUT2D eigenvalue weighted by atomic mass is 10.1. The second kappa shape index (κ2) is 7.06. The maximum Gasteiger partial charge on any atom is 0.257 e. The van der Waals surface area contributed by atoms with Gasteiger partial charge in [-0.3, -0.25) is 10.1 Å². The van der Waals surface area contributed by atoms with Gasteiger partial charge in [0, 0.05) is 12.0 Å². The van der Waals surface area contributed by atoms with Crippen molar-refractivity contribution in [1.82, 2.24) is 19.8 Å². The molecule has 0 fully saturated rings. The molecular weight excluding hydrogens is 342 g/mol. The summed E-state index contributed by atoms with van der Waals surface area (Å²) < 4.78 is 12.1. The molecule has 1 amide bonds. The number of rotatable bonds is 6. The highest BCUT2D eigenvalue weighted by molar-refractivity contribution is 7.20. The summed E-state index contributed by atoms with van der Waals surface area (Å²) in [5, 5.41) is 15.9. The monoisotopic (exact) mass is 361 g/mol. The largest absolute Gasteiger partial charge is 0.493 e. The van der Waals surface area contributed by atoms with Crippen LogP contribution in [0.4, 0.5) is 5.13 Å². The van der Waals surface area contributed by atoms with Crippen molar-refractivity contribution in [2.45, 2.75) is 20.3 Å². The second-order valence-electron chi connectivity index (χ2n) is 5.84. The van der Waals surface area contributed by atoms with E-state index in [0.717, 1.165) is 12.2 Å². The third kappa shape index (κ3) is 3.55. The quantitative estimate of drug-likeness (QED) is 0.726. The Bertz CT molecular complexity index is 902. The highest BCUT2D eigenvalue weighted by atomic mass is 32.1. The molecule has 0 spiro atoms. The zero-order valence-corrected chi connectivity index (χ0v) is 15.3. The van der Waals surface area contributed by atoms with Crippen LogP contribution in [0, 0.1) is 5.92 Å². The SMILES string of the molecule is COc1ccc(C(=O)Nc2nn3c(CC(C)C)nnc3s2)cc1OC. The lowest BCUT2D eigenvalue weighted by Gasteiger charge is -2.09. The van der Waals surface area contributed by atoms with E-state index >= 15 is 0 Å². The van der Waals surface area contributed by atoms with Crippen molar-refractivity contribution in [3.8, 4) is 11.5 Å². The van der Waals surface area contributed by atoms with Crippen LogP contribution in [0.15, 0.2) is 18.2 Å². The summed E-state index contributed by atoms with van der Waals surface area (Å²) >= 11 is 1.28. The van der Waals surface area contributed by atoms with Gasteiger partial charge >= 0.3 is 0 Å². The number of methoxy groups -OCH3 is 2. The lowest BCUT2D eigenvalue weighted by Crippen LogP contribution is -2.12. The van der Waals surface area contributed by atoms with Crippen LogP contribution in [0.3, 0.4) is 0 Å². The maximum absolute atomic E-state index is 12.5. The number of nitrogens with one attached hydrogen (secondary N) is 1. The molecule has 0 atom stereocenters. The van der Waals surface area contributed by atoms with E-state index in [1.165, 1.54) is 18.4 Å². The molecule has 0 saturated heterocycles. The van der Waals surface area contributed by atoms with Crippen molar-refractivity contribution in [2.24, 2.45) is 5.92 Å². The van der Waals surface area contributed by atoms with Crippen LogP contribution in [-0.4, -0.2) is 39.9 Å². The Morgan fingerprint density at radius 1 is 1.24 bits per heavy atom. The van der Waals surface area contributed by atoms with E-state index in [0.29, 0.717) is 33.1 Å². The Labute approximate surface area is 148 Å². The fourth-order valence-electron chi connectivity index (χ4n) is 2.35. The number of carbonyl (C=O) groups excluding carboxylic acids is 1. The molecule has 0 aliphatic rings. The number of ether oxygens (including phenoxy) is 2. The van der Waals surface area contributed by atoms with Crippen LogP contribution >= 0.6 is 11.3 Å². The smallest absolute Gasteiger partial charge is 0.257 e. The van der Waals surface area contributed by atoms with Crippen molar-refractivity contribution < 1.29 is 14.3 Å². The molecule has 0 unspecified atom stereocenters. The first kappa shape index (κ1) is 17.2. The number of amides is 1. The molecule has 9 heteroatoms. The summed E-state index contributed by atoms with van der Waals surface area (Å²) in [7, 11) is 3.07. The van der Waals surface area contributed by atoms with Gasteiger partial charge in [-0.1, -0.05) is 25.2 Å². The fourth-order valence-corrected chi connectivity index (χ4v) is 3.10.